The van der Waals surface area contributed by atoms with E-state index in [9.17, 15) is 9.59 Å². The molecule has 1 aliphatic carbocycles. The van der Waals surface area contributed by atoms with Gasteiger partial charge in [0.25, 0.3) is 0 Å². The number of carbonyl (C=O) groups excluding carboxylic acids is 2. The lowest BCUT2D eigenvalue weighted by atomic mass is 9.94. The van der Waals surface area contributed by atoms with Crippen molar-refractivity contribution in [2.75, 3.05) is 6.61 Å². The minimum Gasteiger partial charge on any atom is -0.462 e. The van der Waals surface area contributed by atoms with E-state index in [2.05, 4.69) is 79.8 Å². The molecule has 0 aromatic rings. The van der Waals surface area contributed by atoms with Crippen molar-refractivity contribution in [3.05, 3.63) is 96.7 Å². The zero-order valence-corrected chi connectivity index (χ0v) is 23.8. The first-order valence-corrected chi connectivity index (χ1v) is 14.8. The van der Waals surface area contributed by atoms with Crippen LogP contribution in [0.3, 0.4) is 0 Å². The van der Waals surface area contributed by atoms with Crippen LogP contribution in [-0.4, -0.2) is 30.6 Å². The van der Waals surface area contributed by atoms with Crippen molar-refractivity contribution in [3.8, 4) is 0 Å². The Morgan fingerprint density at radius 1 is 0.872 bits per heavy atom. The molecule has 0 spiro atoms. The van der Waals surface area contributed by atoms with Gasteiger partial charge in [-0.1, -0.05) is 97.6 Å². The maximum Gasteiger partial charge on any atom is 0.306 e. The normalized spacial score (nSPS) is 20.5. The lowest BCUT2D eigenvalue weighted by Gasteiger charge is -2.26. The van der Waals surface area contributed by atoms with Crippen LogP contribution in [0.1, 0.15) is 90.4 Å². The first-order valence-electron chi connectivity index (χ1n) is 14.8. The molecule has 0 bridgehead atoms. The monoisotopic (exact) mass is 532 g/mol. The summed E-state index contributed by atoms with van der Waals surface area (Å²) in [6.45, 7) is 2.14. The highest BCUT2D eigenvalue weighted by Crippen LogP contribution is 2.25. The molecular weight excluding hydrogens is 484 g/mol. The third-order valence-corrected chi connectivity index (χ3v) is 6.49. The van der Waals surface area contributed by atoms with Gasteiger partial charge in [0.2, 0.25) is 0 Å². The maximum atomic E-state index is 12.1. The van der Waals surface area contributed by atoms with E-state index < -0.39 is 6.10 Å². The molecule has 0 unspecified atom stereocenters. The van der Waals surface area contributed by atoms with Gasteiger partial charge in [-0.2, -0.15) is 0 Å². The third kappa shape index (κ3) is 16.6. The highest BCUT2D eigenvalue weighted by molar-refractivity contribution is 5.94. The van der Waals surface area contributed by atoms with Gasteiger partial charge in [-0.15, -0.1) is 0 Å². The second kappa shape index (κ2) is 21.9. The molecule has 1 heterocycles. The molecule has 0 saturated heterocycles. The minimum atomic E-state index is -0.695. The van der Waals surface area contributed by atoms with Crippen molar-refractivity contribution in [2.45, 2.75) is 103 Å². The molecule has 0 radical (unpaired) electrons. The van der Waals surface area contributed by atoms with E-state index in [1.165, 1.54) is 18.4 Å². The van der Waals surface area contributed by atoms with Crippen LogP contribution in [0.15, 0.2) is 96.7 Å². The molecule has 212 valence electrons. The maximum absolute atomic E-state index is 12.1. The number of allylic oxidation sites excluding steroid dienone is 13. The SMILES string of the molecule is CC/C=C\C/C=C\C/C=C\C/C=C\C/C=C\C/C=C\CCC(=O)OC[C@H]1O[C@H](CC2=CCCCC2)C=CC1=O. The zero-order chi connectivity index (χ0) is 27.8. The van der Waals surface area contributed by atoms with E-state index >= 15 is 0 Å². The summed E-state index contributed by atoms with van der Waals surface area (Å²) in [4.78, 5) is 24.2. The lowest BCUT2D eigenvalue weighted by Crippen LogP contribution is -2.36. The summed E-state index contributed by atoms with van der Waals surface area (Å²) in [6.07, 6.45) is 43.1. The van der Waals surface area contributed by atoms with Crippen molar-refractivity contribution in [1.29, 1.82) is 0 Å². The van der Waals surface area contributed by atoms with Gasteiger partial charge in [-0.3, -0.25) is 9.59 Å². The topological polar surface area (TPSA) is 52.6 Å². The number of ether oxygens (including phenoxy) is 2. The van der Waals surface area contributed by atoms with Crippen molar-refractivity contribution < 1.29 is 19.1 Å². The fourth-order valence-electron chi connectivity index (χ4n) is 4.30. The number of esters is 1. The molecule has 39 heavy (non-hydrogen) atoms. The van der Waals surface area contributed by atoms with Gasteiger partial charge in [0.1, 0.15) is 6.61 Å². The summed E-state index contributed by atoms with van der Waals surface area (Å²) in [7, 11) is 0. The predicted molar refractivity (Wildman–Crippen MR) is 162 cm³/mol. The van der Waals surface area contributed by atoms with Crippen molar-refractivity contribution >= 4 is 11.8 Å². The van der Waals surface area contributed by atoms with Crippen LogP contribution in [0, 0.1) is 0 Å². The molecule has 0 amide bonds. The van der Waals surface area contributed by atoms with Gasteiger partial charge in [-0.25, -0.2) is 0 Å². The van der Waals surface area contributed by atoms with Crippen LogP contribution in [-0.2, 0) is 19.1 Å². The molecule has 4 heteroatoms. The molecule has 0 fully saturated rings. The Labute approximate surface area is 236 Å². The van der Waals surface area contributed by atoms with E-state index in [-0.39, 0.29) is 24.5 Å². The molecule has 1 aliphatic heterocycles. The van der Waals surface area contributed by atoms with Crippen molar-refractivity contribution in [2.24, 2.45) is 0 Å². The lowest BCUT2D eigenvalue weighted by molar-refractivity contribution is -0.152. The van der Waals surface area contributed by atoms with E-state index in [0.29, 0.717) is 12.8 Å². The number of rotatable bonds is 18. The van der Waals surface area contributed by atoms with E-state index in [0.717, 1.165) is 57.8 Å². The Bertz CT molecular complexity index is 942. The Hall–Kier alpha value is -2.98. The predicted octanol–water partition coefficient (Wildman–Crippen LogP) is 8.79. The first-order chi connectivity index (χ1) is 19.2. The summed E-state index contributed by atoms with van der Waals surface area (Å²) in [5.74, 6) is -0.430. The second-order valence-corrected chi connectivity index (χ2v) is 9.87. The quantitative estimate of drug-likeness (QED) is 0.131. The van der Waals surface area contributed by atoms with Crippen LogP contribution in [0.2, 0.25) is 0 Å². The third-order valence-electron chi connectivity index (χ3n) is 6.49. The van der Waals surface area contributed by atoms with Crippen LogP contribution < -0.4 is 0 Å². The summed E-state index contributed by atoms with van der Waals surface area (Å²) in [5, 5.41) is 0. The molecule has 0 saturated carbocycles. The van der Waals surface area contributed by atoms with Crippen LogP contribution >= 0.6 is 0 Å². The minimum absolute atomic E-state index is 0.0126. The van der Waals surface area contributed by atoms with Gasteiger partial charge in [0.05, 0.1) is 6.10 Å². The van der Waals surface area contributed by atoms with E-state index in [1.807, 2.05) is 12.2 Å². The van der Waals surface area contributed by atoms with Crippen LogP contribution in [0.4, 0.5) is 0 Å². The largest absolute Gasteiger partial charge is 0.462 e. The smallest absolute Gasteiger partial charge is 0.306 e. The average Bonchev–Trinajstić information content (AvgIpc) is 2.95. The molecule has 2 rings (SSSR count). The molecule has 4 nitrogen and oxygen atoms in total. The van der Waals surface area contributed by atoms with Crippen LogP contribution in [0.25, 0.3) is 0 Å². The van der Waals surface area contributed by atoms with Gasteiger partial charge in [0.15, 0.2) is 11.9 Å². The van der Waals surface area contributed by atoms with Crippen LogP contribution in [0.5, 0.6) is 0 Å². The first kappa shape index (κ1) is 32.2. The molecule has 0 N–H and O–H groups in total. The second-order valence-electron chi connectivity index (χ2n) is 9.87. The summed E-state index contributed by atoms with van der Waals surface area (Å²) in [6, 6.07) is 0. The summed E-state index contributed by atoms with van der Waals surface area (Å²) in [5.41, 5.74) is 1.40. The molecular formula is C35H48O4. The van der Waals surface area contributed by atoms with Gasteiger partial charge >= 0.3 is 5.97 Å². The summed E-state index contributed by atoms with van der Waals surface area (Å²) >= 11 is 0. The number of hydrogen-bond acceptors (Lipinski definition) is 4. The van der Waals surface area contributed by atoms with Gasteiger partial charge < -0.3 is 9.47 Å². The molecule has 0 aromatic heterocycles. The van der Waals surface area contributed by atoms with Crippen molar-refractivity contribution in [3.63, 3.8) is 0 Å². The number of carbonyl (C=O) groups is 2. The number of hydrogen-bond donors (Lipinski definition) is 0. The summed E-state index contributed by atoms with van der Waals surface area (Å²) < 4.78 is 11.2. The Balaban J connectivity index is 1.48. The van der Waals surface area contributed by atoms with Gasteiger partial charge in [0, 0.05) is 6.42 Å². The Morgan fingerprint density at radius 2 is 1.46 bits per heavy atom. The fraction of sp³-hybridized carbons (Fsp3) is 0.486. The zero-order valence-electron chi connectivity index (χ0n) is 23.8. The Morgan fingerprint density at radius 3 is 2.03 bits per heavy atom. The van der Waals surface area contributed by atoms with Gasteiger partial charge in [-0.05, 0) is 83.1 Å². The van der Waals surface area contributed by atoms with E-state index in [1.54, 1.807) is 6.08 Å². The van der Waals surface area contributed by atoms with E-state index in [4.69, 9.17) is 9.47 Å². The average molecular weight is 533 g/mol. The Kier molecular flexibility index (Phi) is 18.1. The molecule has 2 atom stereocenters. The number of ketones is 1. The fourth-order valence-corrected chi connectivity index (χ4v) is 4.30. The standard InChI is InChI=1S/C35H48O4/c1-2-3-4-5-6-7-8-9-10-11-12-13-14-15-16-17-18-19-23-26-35(37)38-30-34-33(36)28-27-32(39-34)29-31-24-21-20-22-25-31/h3-4,6-7,9-10,12-13,15-16,18-19,24,27-28,32,34H,2,5,8,11,14,17,20-23,25-26,29-30H2,1H3/b4-3-,7-6-,10-9-,13-12-,16-15-,19-18-/t32-,34+/m0/s1. The molecule has 2 aliphatic rings. The highest BCUT2D eigenvalue weighted by Gasteiger charge is 2.27. The highest BCUT2D eigenvalue weighted by atomic mass is 16.6. The van der Waals surface area contributed by atoms with Crippen molar-refractivity contribution in [1.82, 2.24) is 0 Å². The molecule has 0 aromatic carbocycles.